The molecule has 0 aliphatic heterocycles. The summed E-state index contributed by atoms with van der Waals surface area (Å²) in [6.45, 7) is 19.1. The molecule has 0 spiro atoms. The number of carbonyl (C=O) groups is 1. The fraction of sp³-hybridized carbons (Fsp3) is 0.462. The largest absolute Gasteiger partial charge is 0.450 e. The molecule has 1 saturated carbocycles. The summed E-state index contributed by atoms with van der Waals surface area (Å²) in [6.07, 6.45) is 8.62. The minimum atomic E-state index is -0.0702. The number of hydrogen-bond acceptors (Lipinski definition) is 4. The number of allylic oxidation sites excluding steroid dienone is 4. The van der Waals surface area contributed by atoms with Gasteiger partial charge in [0.25, 0.3) is 0 Å². The fourth-order valence-corrected chi connectivity index (χ4v) is 3.40. The Labute approximate surface area is 191 Å². The van der Waals surface area contributed by atoms with Gasteiger partial charge in [0.15, 0.2) is 11.5 Å². The predicted molar refractivity (Wildman–Crippen MR) is 131 cm³/mol. The number of rotatable bonds is 14. The lowest BCUT2D eigenvalue weighted by Gasteiger charge is -2.09. The van der Waals surface area contributed by atoms with Gasteiger partial charge in [-0.1, -0.05) is 49.4 Å². The molecule has 1 heterocycles. The first-order valence-electron chi connectivity index (χ1n) is 10.9. The molecule has 0 bridgehead atoms. The van der Waals surface area contributed by atoms with Crippen LogP contribution < -0.4 is 0 Å². The Morgan fingerprint density at radius 3 is 2.61 bits per heavy atom. The lowest BCUT2D eigenvalue weighted by Crippen LogP contribution is -2.00. The van der Waals surface area contributed by atoms with Crippen molar-refractivity contribution >= 4 is 33.8 Å². The molecule has 1 aliphatic carbocycles. The van der Waals surface area contributed by atoms with E-state index >= 15 is 0 Å². The number of ether oxygens (including phenoxy) is 1. The molecule has 0 saturated heterocycles. The van der Waals surface area contributed by atoms with E-state index < -0.39 is 0 Å². The number of ketones is 1. The minimum absolute atomic E-state index is 0.0702. The van der Waals surface area contributed by atoms with E-state index in [9.17, 15) is 4.79 Å². The molecule has 1 aromatic heterocycles. The van der Waals surface area contributed by atoms with Crippen LogP contribution in [-0.4, -0.2) is 24.2 Å². The predicted octanol–water partition coefficient (Wildman–Crippen LogP) is 7.75. The molecule has 1 fully saturated rings. The average Bonchev–Trinajstić information content (AvgIpc) is 3.47. The van der Waals surface area contributed by atoms with Crippen molar-refractivity contribution in [2.24, 2.45) is 10.9 Å². The Bertz CT molecular complexity index is 900. The summed E-state index contributed by atoms with van der Waals surface area (Å²) in [4.78, 5) is 17.5. The molecule has 1 aliphatic rings. The number of Topliss-reactive ketones (excluding diaryl/α,β-unsaturated/α-hetero) is 1. The Hall–Kier alpha value is -2.17. The molecule has 0 N–H and O–H groups in total. The molecular formula is C26H34ClNO3. The lowest BCUT2D eigenvalue weighted by molar-refractivity contribution is 0.0965. The molecule has 1 aromatic rings. The van der Waals surface area contributed by atoms with Crippen LogP contribution in [0.4, 0.5) is 5.69 Å². The maximum atomic E-state index is 13.0. The van der Waals surface area contributed by atoms with Crippen molar-refractivity contribution in [2.45, 2.75) is 59.3 Å². The van der Waals surface area contributed by atoms with Gasteiger partial charge in [-0.15, -0.1) is 6.58 Å². The molecule has 5 heteroatoms. The van der Waals surface area contributed by atoms with Crippen molar-refractivity contribution in [2.75, 3.05) is 13.2 Å². The second-order valence-corrected chi connectivity index (χ2v) is 8.55. The van der Waals surface area contributed by atoms with Gasteiger partial charge in [-0.3, -0.25) is 4.79 Å². The molecule has 0 radical (unpaired) electrons. The van der Waals surface area contributed by atoms with E-state index in [0.717, 1.165) is 17.6 Å². The van der Waals surface area contributed by atoms with E-state index in [1.165, 1.54) is 12.8 Å². The van der Waals surface area contributed by atoms with E-state index in [0.29, 0.717) is 71.9 Å². The van der Waals surface area contributed by atoms with Gasteiger partial charge < -0.3 is 9.15 Å². The highest BCUT2D eigenvalue weighted by molar-refractivity contribution is 6.65. The Morgan fingerprint density at radius 1 is 1.29 bits per heavy atom. The third-order valence-corrected chi connectivity index (χ3v) is 5.33. The molecule has 31 heavy (non-hydrogen) atoms. The van der Waals surface area contributed by atoms with Crippen LogP contribution in [0.15, 0.2) is 52.4 Å². The molecule has 168 valence electrons. The van der Waals surface area contributed by atoms with Crippen LogP contribution in [0.1, 0.15) is 74.3 Å². The van der Waals surface area contributed by atoms with Crippen LogP contribution in [0.25, 0.3) is 5.57 Å². The highest BCUT2D eigenvalue weighted by Crippen LogP contribution is 2.39. The number of furan rings is 1. The molecule has 2 rings (SSSR count). The maximum absolute atomic E-state index is 13.0. The Morgan fingerprint density at radius 2 is 2.00 bits per heavy atom. The van der Waals surface area contributed by atoms with Crippen molar-refractivity contribution in [3.05, 3.63) is 60.1 Å². The maximum Gasteiger partial charge on any atom is 0.202 e. The first-order valence-corrected chi connectivity index (χ1v) is 11.3. The van der Waals surface area contributed by atoms with Crippen LogP contribution in [0.3, 0.4) is 0 Å². The standard InChI is InChI=1S/C26H34ClNO3/c1-7-9-23(27)28-24-20(6)25(22(29)16-17(3)15-21-10-11-21)31-26(24)19(5)18(4)12-14-30-13-8-2/h7,15,21H,1,4-5,8-14,16H2,2-3,6H3/b17-15+,28-23+. The fourth-order valence-electron chi connectivity index (χ4n) is 3.21. The zero-order valence-electron chi connectivity index (χ0n) is 19.1. The number of aliphatic imine (C=N–C) groups is 1. The van der Waals surface area contributed by atoms with Gasteiger partial charge in [0, 0.05) is 30.6 Å². The topological polar surface area (TPSA) is 51.8 Å². The quantitative estimate of drug-likeness (QED) is 0.0970. The van der Waals surface area contributed by atoms with Crippen LogP contribution in [0.2, 0.25) is 0 Å². The smallest absolute Gasteiger partial charge is 0.202 e. The Balaban J connectivity index is 2.31. The molecule has 0 amide bonds. The highest BCUT2D eigenvalue weighted by Gasteiger charge is 2.25. The second-order valence-electron chi connectivity index (χ2n) is 8.11. The van der Waals surface area contributed by atoms with Crippen LogP contribution in [0, 0.1) is 12.8 Å². The second kappa shape index (κ2) is 12.0. The van der Waals surface area contributed by atoms with Crippen molar-refractivity contribution in [3.8, 4) is 0 Å². The summed E-state index contributed by atoms with van der Waals surface area (Å²) in [5, 5.41) is 0.369. The zero-order valence-corrected chi connectivity index (χ0v) is 19.8. The molecule has 0 aromatic carbocycles. The van der Waals surface area contributed by atoms with E-state index in [1.54, 1.807) is 6.08 Å². The normalized spacial score (nSPS) is 14.6. The van der Waals surface area contributed by atoms with Gasteiger partial charge in [0.05, 0.1) is 6.61 Å². The average molecular weight is 444 g/mol. The zero-order chi connectivity index (χ0) is 23.0. The van der Waals surface area contributed by atoms with E-state index in [-0.39, 0.29) is 5.78 Å². The van der Waals surface area contributed by atoms with Crippen LogP contribution in [-0.2, 0) is 4.74 Å². The summed E-state index contributed by atoms with van der Waals surface area (Å²) in [6, 6.07) is 0. The van der Waals surface area contributed by atoms with Crippen LogP contribution >= 0.6 is 11.6 Å². The van der Waals surface area contributed by atoms with Gasteiger partial charge >= 0.3 is 0 Å². The monoisotopic (exact) mass is 443 g/mol. The molecule has 4 nitrogen and oxygen atoms in total. The van der Waals surface area contributed by atoms with E-state index in [2.05, 4.69) is 37.7 Å². The summed E-state index contributed by atoms with van der Waals surface area (Å²) in [5.41, 5.74) is 3.65. The summed E-state index contributed by atoms with van der Waals surface area (Å²) in [7, 11) is 0. The molecule has 0 unspecified atom stereocenters. The van der Waals surface area contributed by atoms with Gasteiger partial charge in [0.2, 0.25) is 5.78 Å². The molecule has 0 atom stereocenters. The third-order valence-electron chi connectivity index (χ3n) is 5.09. The molecular weight excluding hydrogens is 410 g/mol. The first-order chi connectivity index (χ1) is 14.8. The van der Waals surface area contributed by atoms with Crippen molar-refractivity contribution < 1.29 is 13.9 Å². The SMILES string of the molecule is C=CC/C(Cl)=N\c1c(C(=C)C(=C)CCOCCC)oc(C(=O)C/C(C)=C/C2CC2)c1C. The van der Waals surface area contributed by atoms with Crippen molar-refractivity contribution in [3.63, 3.8) is 0 Å². The lowest BCUT2D eigenvalue weighted by atomic mass is 10.0. The van der Waals surface area contributed by atoms with E-state index in [1.807, 2.05) is 13.8 Å². The van der Waals surface area contributed by atoms with Gasteiger partial charge in [-0.2, -0.15) is 0 Å². The summed E-state index contributed by atoms with van der Waals surface area (Å²) in [5.74, 6) is 1.29. The minimum Gasteiger partial charge on any atom is -0.450 e. The van der Waals surface area contributed by atoms with Crippen molar-refractivity contribution in [1.82, 2.24) is 0 Å². The van der Waals surface area contributed by atoms with E-state index in [4.69, 9.17) is 20.8 Å². The highest BCUT2D eigenvalue weighted by atomic mass is 35.5. The Kier molecular flexibility index (Phi) is 9.73. The summed E-state index contributed by atoms with van der Waals surface area (Å²) >= 11 is 6.27. The number of halogens is 1. The summed E-state index contributed by atoms with van der Waals surface area (Å²) < 4.78 is 11.6. The van der Waals surface area contributed by atoms with Gasteiger partial charge in [-0.05, 0) is 51.0 Å². The number of nitrogens with zero attached hydrogens (tertiary/aromatic N) is 1. The van der Waals surface area contributed by atoms with Crippen molar-refractivity contribution in [1.29, 1.82) is 0 Å². The first kappa shape index (κ1) is 25.1. The number of hydrogen-bond donors (Lipinski definition) is 0. The van der Waals surface area contributed by atoms with Crippen LogP contribution in [0.5, 0.6) is 0 Å². The third kappa shape index (κ3) is 7.48. The number of carbonyl (C=O) groups excluding carboxylic acids is 1. The van der Waals surface area contributed by atoms with Gasteiger partial charge in [0.1, 0.15) is 10.9 Å². The van der Waals surface area contributed by atoms with Gasteiger partial charge in [-0.25, -0.2) is 4.99 Å².